The first kappa shape index (κ1) is 24.4. The van der Waals surface area contributed by atoms with Gasteiger partial charge in [0.1, 0.15) is 22.1 Å². The van der Waals surface area contributed by atoms with Gasteiger partial charge in [-0.2, -0.15) is 0 Å². The van der Waals surface area contributed by atoms with E-state index >= 15 is 0 Å². The van der Waals surface area contributed by atoms with E-state index in [4.69, 9.17) is 8.94 Å². The lowest BCUT2D eigenvalue weighted by Gasteiger charge is -2.06. The number of benzene rings is 3. The molecule has 0 aliphatic carbocycles. The SMILES string of the molecule is O=S(=O)(Cc1nnc(CS(=O)(=O)c2c(-c3ccccc3)noc2-c2ccccc2)o1)Nc1ccccc1. The molecule has 10 nitrogen and oxygen atoms in total. The van der Waals surface area contributed by atoms with Gasteiger partial charge in [0.25, 0.3) is 0 Å². The van der Waals surface area contributed by atoms with Crippen LogP contribution in [0.15, 0.2) is 105 Å². The van der Waals surface area contributed by atoms with Crippen LogP contribution in [-0.2, 0) is 31.4 Å². The highest BCUT2D eigenvalue weighted by Crippen LogP contribution is 2.37. The topological polar surface area (TPSA) is 145 Å². The van der Waals surface area contributed by atoms with Crippen molar-refractivity contribution in [3.8, 4) is 22.6 Å². The maximum absolute atomic E-state index is 13.6. The van der Waals surface area contributed by atoms with Crippen LogP contribution in [0.1, 0.15) is 11.8 Å². The molecule has 2 heterocycles. The van der Waals surface area contributed by atoms with E-state index < -0.39 is 31.4 Å². The van der Waals surface area contributed by atoms with Gasteiger partial charge in [-0.3, -0.25) is 4.72 Å². The zero-order chi connectivity index (χ0) is 25.9. The van der Waals surface area contributed by atoms with Crippen molar-refractivity contribution in [2.75, 3.05) is 4.72 Å². The summed E-state index contributed by atoms with van der Waals surface area (Å²) in [5, 5.41) is 11.6. The summed E-state index contributed by atoms with van der Waals surface area (Å²) in [5.74, 6) is -1.72. The first-order valence-electron chi connectivity index (χ1n) is 11.0. The lowest BCUT2D eigenvalue weighted by Crippen LogP contribution is -2.15. The Hall–Kier alpha value is -4.29. The average Bonchev–Trinajstić information content (AvgIpc) is 3.52. The Bertz CT molecular complexity index is 1660. The summed E-state index contributed by atoms with van der Waals surface area (Å²) in [6.45, 7) is 0. The summed E-state index contributed by atoms with van der Waals surface area (Å²) in [7, 11) is -7.99. The molecule has 12 heteroatoms. The molecular weight excluding hydrogens is 516 g/mol. The third-order valence-electron chi connectivity index (χ3n) is 5.23. The quantitative estimate of drug-likeness (QED) is 0.291. The molecule has 188 valence electrons. The van der Waals surface area contributed by atoms with Crippen molar-refractivity contribution in [3.05, 3.63) is 103 Å². The minimum atomic E-state index is -4.12. The molecule has 5 aromatic rings. The van der Waals surface area contributed by atoms with Gasteiger partial charge >= 0.3 is 0 Å². The van der Waals surface area contributed by atoms with Crippen LogP contribution in [0.3, 0.4) is 0 Å². The minimum absolute atomic E-state index is 0.0776. The molecule has 0 saturated heterocycles. The van der Waals surface area contributed by atoms with Crippen molar-refractivity contribution < 1.29 is 25.8 Å². The molecule has 0 spiro atoms. The lowest BCUT2D eigenvalue weighted by molar-refractivity contribution is 0.433. The van der Waals surface area contributed by atoms with Gasteiger partial charge in [-0.1, -0.05) is 84.0 Å². The van der Waals surface area contributed by atoms with Gasteiger partial charge in [0.15, 0.2) is 15.6 Å². The van der Waals surface area contributed by atoms with Gasteiger partial charge in [-0.15, -0.1) is 10.2 Å². The van der Waals surface area contributed by atoms with Gasteiger partial charge in [0.05, 0.1) is 0 Å². The first-order valence-corrected chi connectivity index (χ1v) is 14.3. The van der Waals surface area contributed by atoms with Crippen LogP contribution < -0.4 is 4.72 Å². The number of rotatable bonds is 9. The van der Waals surface area contributed by atoms with Crippen LogP contribution >= 0.6 is 0 Å². The predicted molar refractivity (Wildman–Crippen MR) is 135 cm³/mol. The van der Waals surface area contributed by atoms with Crippen LogP contribution in [0.4, 0.5) is 5.69 Å². The van der Waals surface area contributed by atoms with Crippen LogP contribution in [0, 0.1) is 0 Å². The molecular formula is C25H20N4O6S2. The number of nitrogens with one attached hydrogen (secondary N) is 1. The van der Waals surface area contributed by atoms with Crippen LogP contribution in [0.2, 0.25) is 0 Å². The molecule has 1 N–H and O–H groups in total. The second-order valence-electron chi connectivity index (χ2n) is 8.00. The average molecular weight is 537 g/mol. The monoisotopic (exact) mass is 536 g/mol. The largest absolute Gasteiger partial charge is 0.423 e. The molecule has 0 radical (unpaired) electrons. The second kappa shape index (κ2) is 9.99. The van der Waals surface area contributed by atoms with Crippen molar-refractivity contribution in [2.45, 2.75) is 16.4 Å². The second-order valence-corrected chi connectivity index (χ2v) is 11.6. The molecule has 0 bridgehead atoms. The van der Waals surface area contributed by atoms with Crippen LogP contribution in [-0.4, -0.2) is 32.2 Å². The molecule has 0 atom stereocenters. The molecule has 0 aliphatic rings. The van der Waals surface area contributed by atoms with E-state index in [1.807, 2.05) is 0 Å². The van der Waals surface area contributed by atoms with Gasteiger partial charge < -0.3 is 8.94 Å². The van der Waals surface area contributed by atoms with Crippen molar-refractivity contribution in [2.24, 2.45) is 0 Å². The Labute approximate surface area is 212 Å². The Kier molecular flexibility index (Phi) is 6.59. The molecule has 0 saturated carbocycles. The number of aromatic nitrogens is 3. The summed E-state index contributed by atoms with van der Waals surface area (Å²) >= 11 is 0. The molecule has 0 fully saturated rings. The summed E-state index contributed by atoms with van der Waals surface area (Å²) in [4.78, 5) is -0.122. The molecule has 0 unspecified atom stereocenters. The standard InChI is InChI=1S/C25H20N4O6S2/c30-36(31,16-21-26-27-22(34-21)17-37(32,33)29-20-14-8-3-9-15-20)25-23(18-10-4-1-5-11-18)28-35-24(25)19-12-6-2-7-13-19/h1-15,29H,16-17H2. The Morgan fingerprint density at radius 3 is 1.84 bits per heavy atom. The lowest BCUT2D eigenvalue weighted by atomic mass is 10.1. The Morgan fingerprint density at radius 1 is 0.676 bits per heavy atom. The van der Waals surface area contributed by atoms with Gasteiger partial charge in [-0.25, -0.2) is 16.8 Å². The Morgan fingerprint density at radius 2 is 1.22 bits per heavy atom. The fraction of sp³-hybridized carbons (Fsp3) is 0.0800. The molecule has 5 rings (SSSR count). The summed E-state index contributed by atoms with van der Waals surface area (Å²) in [6.07, 6.45) is 0. The maximum atomic E-state index is 13.6. The summed E-state index contributed by atoms with van der Waals surface area (Å²) in [6, 6.07) is 25.8. The minimum Gasteiger partial charge on any atom is -0.423 e. The number of nitrogens with zero attached hydrogens (tertiary/aromatic N) is 3. The van der Waals surface area contributed by atoms with Crippen molar-refractivity contribution in [1.29, 1.82) is 0 Å². The highest BCUT2D eigenvalue weighted by molar-refractivity contribution is 7.92. The van der Waals surface area contributed by atoms with Gasteiger partial charge in [0, 0.05) is 16.8 Å². The van der Waals surface area contributed by atoms with Crippen molar-refractivity contribution in [3.63, 3.8) is 0 Å². The molecule has 0 aliphatic heterocycles. The van der Waals surface area contributed by atoms with Crippen molar-refractivity contribution in [1.82, 2.24) is 15.4 Å². The number of sulfone groups is 1. The van der Waals surface area contributed by atoms with Crippen LogP contribution in [0.5, 0.6) is 0 Å². The molecule has 2 aromatic heterocycles. The van der Waals surface area contributed by atoms with E-state index in [9.17, 15) is 16.8 Å². The number of sulfonamides is 1. The Balaban J connectivity index is 1.44. The number of hydrogen-bond donors (Lipinski definition) is 1. The predicted octanol–water partition coefficient (Wildman–Crippen LogP) is 4.31. The van der Waals surface area contributed by atoms with E-state index in [-0.39, 0.29) is 28.1 Å². The van der Waals surface area contributed by atoms with Gasteiger partial charge in [0.2, 0.25) is 21.8 Å². The number of para-hydroxylation sites is 1. The van der Waals surface area contributed by atoms with E-state index in [1.54, 1.807) is 91.0 Å². The third-order valence-corrected chi connectivity index (χ3v) is 8.03. The fourth-order valence-electron chi connectivity index (χ4n) is 3.65. The van der Waals surface area contributed by atoms with Crippen molar-refractivity contribution >= 4 is 25.5 Å². The highest BCUT2D eigenvalue weighted by Gasteiger charge is 2.32. The smallest absolute Gasteiger partial charge is 0.241 e. The third kappa shape index (κ3) is 5.60. The van der Waals surface area contributed by atoms with E-state index in [1.165, 1.54) is 0 Å². The zero-order valence-corrected chi connectivity index (χ0v) is 20.8. The summed E-state index contributed by atoms with van der Waals surface area (Å²) in [5.41, 5.74) is 1.60. The van der Waals surface area contributed by atoms with Gasteiger partial charge in [-0.05, 0) is 12.1 Å². The fourth-order valence-corrected chi connectivity index (χ4v) is 6.13. The maximum Gasteiger partial charge on any atom is 0.241 e. The summed E-state index contributed by atoms with van der Waals surface area (Å²) < 4.78 is 65.5. The van der Waals surface area contributed by atoms with E-state index in [0.717, 1.165) is 0 Å². The highest BCUT2D eigenvalue weighted by atomic mass is 32.2. The molecule has 0 amide bonds. The van der Waals surface area contributed by atoms with E-state index in [2.05, 4.69) is 20.1 Å². The number of hydrogen-bond acceptors (Lipinski definition) is 9. The molecule has 37 heavy (non-hydrogen) atoms. The first-order chi connectivity index (χ1) is 17.8. The zero-order valence-electron chi connectivity index (χ0n) is 19.2. The molecule has 3 aromatic carbocycles. The van der Waals surface area contributed by atoms with Crippen LogP contribution in [0.25, 0.3) is 22.6 Å². The normalized spacial score (nSPS) is 11.9. The van der Waals surface area contributed by atoms with E-state index in [0.29, 0.717) is 16.8 Å². The number of anilines is 1.